The number of ether oxygens (including phenoxy) is 1. The summed E-state index contributed by atoms with van der Waals surface area (Å²) in [6.07, 6.45) is 5.05. The lowest BCUT2D eigenvalue weighted by Crippen LogP contribution is -2.13. The Kier molecular flexibility index (Phi) is 3.12. The van der Waals surface area contributed by atoms with Gasteiger partial charge in [0, 0.05) is 18.6 Å². The second kappa shape index (κ2) is 5.30. The van der Waals surface area contributed by atoms with E-state index in [1.165, 1.54) is 7.11 Å². The molecule has 2 aromatic rings. The number of fused-ring (bicyclic) bond motifs is 2. The summed E-state index contributed by atoms with van der Waals surface area (Å²) in [4.78, 5) is 23.9. The third kappa shape index (κ3) is 2.14. The van der Waals surface area contributed by atoms with Gasteiger partial charge in [0.05, 0.1) is 19.2 Å². The molecule has 9 nitrogen and oxygen atoms in total. The highest BCUT2D eigenvalue weighted by molar-refractivity contribution is 5.95. The minimum atomic E-state index is -0.563. The van der Waals surface area contributed by atoms with Crippen LogP contribution in [0.4, 0.5) is 0 Å². The van der Waals surface area contributed by atoms with Crippen LogP contribution >= 0.6 is 0 Å². The normalized spacial score (nSPS) is 11.2. The summed E-state index contributed by atoms with van der Waals surface area (Å²) in [7, 11) is 1.28. The lowest BCUT2D eigenvalue weighted by atomic mass is 10.1. The summed E-state index contributed by atoms with van der Waals surface area (Å²) in [6.45, 7) is 0.329. The molecule has 0 saturated carbocycles. The number of carbonyl (C=O) groups is 1. The lowest BCUT2D eigenvalue weighted by Gasteiger charge is -2.10. The number of esters is 1. The first kappa shape index (κ1) is 14.1. The van der Waals surface area contributed by atoms with Crippen molar-refractivity contribution in [2.45, 2.75) is 6.54 Å². The van der Waals surface area contributed by atoms with Crippen LogP contribution in [0.2, 0.25) is 0 Å². The van der Waals surface area contributed by atoms with Gasteiger partial charge in [0.15, 0.2) is 11.5 Å². The van der Waals surface area contributed by atoms with E-state index in [-0.39, 0.29) is 16.8 Å². The quantitative estimate of drug-likeness (QED) is 0.552. The molecule has 0 saturated heterocycles. The number of methoxy groups -OCH3 is 1. The zero-order valence-electron chi connectivity index (χ0n) is 12.6. The van der Waals surface area contributed by atoms with Crippen LogP contribution in [0.3, 0.4) is 0 Å². The third-order valence-electron chi connectivity index (χ3n) is 3.73. The maximum atomic E-state index is 12.0. The first-order valence-corrected chi connectivity index (χ1v) is 7.12. The maximum absolute atomic E-state index is 12.0. The molecule has 0 amide bonds. The molecule has 4 rings (SSSR count). The Hall–Kier alpha value is -3.49. The SMILES string of the molecule is COC(=O)c1cn(Cc2nnc3ccccn23)cc2c(=O)[nH]nc1-2. The third-order valence-corrected chi connectivity index (χ3v) is 3.73. The highest BCUT2D eigenvalue weighted by Crippen LogP contribution is 2.21. The Morgan fingerprint density at radius 1 is 1.29 bits per heavy atom. The number of hydrogen-bond acceptors (Lipinski definition) is 6. The first-order valence-electron chi connectivity index (χ1n) is 7.12. The van der Waals surface area contributed by atoms with E-state index in [0.29, 0.717) is 17.9 Å². The molecule has 120 valence electrons. The van der Waals surface area contributed by atoms with Crippen molar-refractivity contribution in [2.75, 3.05) is 7.11 Å². The predicted molar refractivity (Wildman–Crippen MR) is 82.9 cm³/mol. The number of aromatic amines is 1. The molecule has 2 aliphatic rings. The van der Waals surface area contributed by atoms with E-state index in [9.17, 15) is 9.59 Å². The zero-order valence-corrected chi connectivity index (χ0v) is 12.6. The molecule has 0 bridgehead atoms. The average Bonchev–Trinajstić information content (AvgIpc) is 3.18. The van der Waals surface area contributed by atoms with Crippen LogP contribution in [0, 0.1) is 0 Å². The topological polar surface area (TPSA) is 107 Å². The molecule has 0 aromatic carbocycles. The maximum Gasteiger partial charge on any atom is 0.341 e. The van der Waals surface area contributed by atoms with Crippen LogP contribution in [0.5, 0.6) is 0 Å². The Bertz CT molecular complexity index is 1080. The van der Waals surface area contributed by atoms with Crippen molar-refractivity contribution < 1.29 is 9.53 Å². The standard InChI is InChI=1S/C15H12N6O3/c1-24-15(23)10-7-20(6-9-13(10)18-19-14(9)22)8-12-17-16-11-4-2-3-5-21(11)12/h2-7H,8H2,1H3,(H,19,22). The van der Waals surface area contributed by atoms with E-state index in [1.54, 1.807) is 17.0 Å². The van der Waals surface area contributed by atoms with Crippen LogP contribution in [-0.2, 0) is 11.3 Å². The molecule has 0 spiro atoms. The highest BCUT2D eigenvalue weighted by Gasteiger charge is 2.22. The zero-order chi connectivity index (χ0) is 16.7. The van der Waals surface area contributed by atoms with Gasteiger partial charge < -0.3 is 9.30 Å². The van der Waals surface area contributed by atoms with E-state index >= 15 is 0 Å². The number of H-pyrrole nitrogens is 1. The van der Waals surface area contributed by atoms with Gasteiger partial charge >= 0.3 is 5.97 Å². The van der Waals surface area contributed by atoms with E-state index in [1.807, 2.05) is 28.8 Å². The summed E-state index contributed by atoms with van der Waals surface area (Å²) >= 11 is 0. The second-order valence-corrected chi connectivity index (χ2v) is 5.20. The van der Waals surface area contributed by atoms with Crippen LogP contribution in [-0.4, -0.2) is 42.4 Å². The smallest absolute Gasteiger partial charge is 0.341 e. The van der Waals surface area contributed by atoms with Crippen molar-refractivity contribution in [1.29, 1.82) is 0 Å². The Morgan fingerprint density at radius 2 is 2.17 bits per heavy atom. The minimum Gasteiger partial charge on any atom is -0.465 e. The number of hydrogen-bond donors (Lipinski definition) is 1. The number of aromatic nitrogens is 6. The van der Waals surface area contributed by atoms with Crippen molar-refractivity contribution in [3.63, 3.8) is 0 Å². The largest absolute Gasteiger partial charge is 0.465 e. The molecule has 1 N–H and O–H groups in total. The van der Waals surface area contributed by atoms with Gasteiger partial charge in [-0.05, 0) is 12.1 Å². The molecule has 0 unspecified atom stereocenters. The molecule has 2 aliphatic heterocycles. The molecule has 9 heteroatoms. The number of carbonyl (C=O) groups excluding carboxylic acids is 1. The fraction of sp³-hybridized carbons (Fsp3) is 0.133. The summed E-state index contributed by atoms with van der Waals surface area (Å²) in [6, 6.07) is 5.59. The van der Waals surface area contributed by atoms with E-state index in [4.69, 9.17) is 4.74 Å². The molecule has 0 radical (unpaired) electrons. The van der Waals surface area contributed by atoms with Crippen LogP contribution in [0.25, 0.3) is 16.9 Å². The van der Waals surface area contributed by atoms with Crippen LogP contribution < -0.4 is 5.56 Å². The molecule has 0 aliphatic carbocycles. The van der Waals surface area contributed by atoms with Crippen molar-refractivity contribution in [3.8, 4) is 11.3 Å². The van der Waals surface area contributed by atoms with Gasteiger partial charge in [0.1, 0.15) is 11.3 Å². The summed E-state index contributed by atoms with van der Waals surface area (Å²) in [5, 5.41) is 14.5. The fourth-order valence-corrected chi connectivity index (χ4v) is 2.60. The predicted octanol–water partition coefficient (Wildman–Crippen LogP) is 0.554. The van der Waals surface area contributed by atoms with Gasteiger partial charge in [0.2, 0.25) is 0 Å². The number of nitrogens with one attached hydrogen (secondary N) is 1. The summed E-state index contributed by atoms with van der Waals surface area (Å²) in [5.74, 6) is 0.105. The fourth-order valence-electron chi connectivity index (χ4n) is 2.60. The minimum absolute atomic E-state index is 0.210. The van der Waals surface area contributed by atoms with Gasteiger partial charge in [-0.1, -0.05) is 6.07 Å². The van der Waals surface area contributed by atoms with Gasteiger partial charge in [-0.3, -0.25) is 9.20 Å². The average molecular weight is 324 g/mol. The number of nitrogens with zero attached hydrogens (tertiary/aromatic N) is 5. The van der Waals surface area contributed by atoms with Crippen LogP contribution in [0.15, 0.2) is 41.6 Å². The molecule has 0 fully saturated rings. The highest BCUT2D eigenvalue weighted by atomic mass is 16.5. The van der Waals surface area contributed by atoms with Crippen molar-refractivity contribution >= 4 is 11.6 Å². The first-order chi connectivity index (χ1) is 11.7. The number of rotatable bonds is 3. The van der Waals surface area contributed by atoms with E-state index < -0.39 is 5.97 Å². The second-order valence-electron chi connectivity index (χ2n) is 5.20. The molecule has 4 heterocycles. The molecular weight excluding hydrogens is 312 g/mol. The van der Waals surface area contributed by atoms with Gasteiger partial charge in [-0.25, -0.2) is 9.89 Å². The van der Waals surface area contributed by atoms with Crippen LogP contribution in [0.1, 0.15) is 16.2 Å². The molecular formula is C15H12N6O3. The Labute approximate surface area is 134 Å². The van der Waals surface area contributed by atoms with Gasteiger partial charge in [-0.2, -0.15) is 5.10 Å². The number of pyridine rings is 2. The lowest BCUT2D eigenvalue weighted by molar-refractivity contribution is 0.0600. The van der Waals surface area contributed by atoms with Crippen molar-refractivity contribution in [2.24, 2.45) is 0 Å². The van der Waals surface area contributed by atoms with E-state index in [0.717, 1.165) is 5.65 Å². The summed E-state index contributed by atoms with van der Waals surface area (Å²) < 4.78 is 8.30. The van der Waals surface area contributed by atoms with Gasteiger partial charge in [0.25, 0.3) is 5.56 Å². The Morgan fingerprint density at radius 3 is 3.00 bits per heavy atom. The summed E-state index contributed by atoms with van der Waals surface area (Å²) in [5.41, 5.74) is 1.16. The molecule has 24 heavy (non-hydrogen) atoms. The van der Waals surface area contributed by atoms with Gasteiger partial charge in [-0.15, -0.1) is 10.2 Å². The molecule has 2 aromatic heterocycles. The van der Waals surface area contributed by atoms with Crippen molar-refractivity contribution in [3.05, 3.63) is 58.5 Å². The van der Waals surface area contributed by atoms with Crippen molar-refractivity contribution in [1.82, 2.24) is 29.4 Å². The monoisotopic (exact) mass is 324 g/mol. The molecule has 0 atom stereocenters. The Balaban J connectivity index is 1.84. The van der Waals surface area contributed by atoms with E-state index in [2.05, 4.69) is 20.4 Å².